The first-order chi connectivity index (χ1) is 8.08. The molecule has 0 spiro atoms. The minimum Gasteiger partial charge on any atom is -0.327 e. The molecule has 0 amide bonds. The summed E-state index contributed by atoms with van der Waals surface area (Å²) in [5, 5.41) is 0. The molecule has 1 aliphatic heterocycles. The van der Waals surface area contributed by atoms with E-state index in [-0.39, 0.29) is 0 Å². The topological polar surface area (TPSA) is 29.3 Å². The Morgan fingerprint density at radius 2 is 1.71 bits per heavy atom. The van der Waals surface area contributed by atoms with E-state index >= 15 is 0 Å². The fraction of sp³-hybridized carbons (Fsp3) is 1.00. The van der Waals surface area contributed by atoms with Crippen LogP contribution in [0.3, 0.4) is 0 Å². The van der Waals surface area contributed by atoms with E-state index < -0.39 is 0 Å². The van der Waals surface area contributed by atoms with Crippen LogP contribution in [0.5, 0.6) is 0 Å². The maximum atomic E-state index is 6.19. The number of piperidine rings is 1. The van der Waals surface area contributed by atoms with Crippen molar-refractivity contribution < 1.29 is 0 Å². The molecule has 1 saturated carbocycles. The molecule has 1 saturated heterocycles. The number of nitrogens with two attached hydrogens (primary N) is 1. The maximum absolute atomic E-state index is 6.19. The molecule has 2 heteroatoms. The van der Waals surface area contributed by atoms with Gasteiger partial charge in [0.05, 0.1) is 0 Å². The standard InChI is InChI=1S/C15H30N2/c1-11-8-12(2)10-14(9-11)17-7-5-4-6-15(17)13(3)16/h11-15H,4-10,16H2,1-3H3. The zero-order valence-corrected chi connectivity index (χ0v) is 11.9. The quantitative estimate of drug-likeness (QED) is 0.801. The normalized spacial score (nSPS) is 42.4. The van der Waals surface area contributed by atoms with Crippen molar-refractivity contribution in [1.29, 1.82) is 0 Å². The van der Waals surface area contributed by atoms with Gasteiger partial charge in [-0.2, -0.15) is 0 Å². The molecule has 0 aromatic carbocycles. The van der Waals surface area contributed by atoms with E-state index in [1.54, 1.807) is 0 Å². The molecule has 2 aliphatic rings. The third kappa shape index (κ3) is 3.23. The summed E-state index contributed by atoms with van der Waals surface area (Å²) in [6.45, 7) is 8.33. The molecule has 17 heavy (non-hydrogen) atoms. The lowest BCUT2D eigenvalue weighted by Crippen LogP contribution is -2.54. The van der Waals surface area contributed by atoms with Gasteiger partial charge < -0.3 is 5.73 Å². The van der Waals surface area contributed by atoms with Crippen LogP contribution in [-0.2, 0) is 0 Å². The zero-order chi connectivity index (χ0) is 12.4. The Morgan fingerprint density at radius 1 is 1.06 bits per heavy atom. The number of nitrogens with zero attached hydrogens (tertiary/aromatic N) is 1. The highest BCUT2D eigenvalue weighted by molar-refractivity contribution is 4.90. The van der Waals surface area contributed by atoms with Crippen molar-refractivity contribution in [3.05, 3.63) is 0 Å². The molecular formula is C15H30N2. The highest BCUT2D eigenvalue weighted by atomic mass is 15.2. The summed E-state index contributed by atoms with van der Waals surface area (Å²) < 4.78 is 0. The summed E-state index contributed by atoms with van der Waals surface area (Å²) in [5.41, 5.74) is 6.19. The lowest BCUT2D eigenvalue weighted by molar-refractivity contribution is 0.0379. The van der Waals surface area contributed by atoms with Crippen molar-refractivity contribution in [2.24, 2.45) is 17.6 Å². The van der Waals surface area contributed by atoms with E-state index in [0.717, 1.165) is 17.9 Å². The first-order valence-electron chi connectivity index (χ1n) is 7.59. The molecule has 2 N–H and O–H groups in total. The number of rotatable bonds is 2. The second-order valence-corrected chi connectivity index (χ2v) is 6.73. The predicted octanol–water partition coefficient (Wildman–Crippen LogP) is 3.01. The molecule has 4 atom stereocenters. The van der Waals surface area contributed by atoms with Gasteiger partial charge in [0.1, 0.15) is 0 Å². The third-order valence-corrected chi connectivity index (χ3v) is 4.82. The van der Waals surface area contributed by atoms with Gasteiger partial charge in [-0.15, -0.1) is 0 Å². The van der Waals surface area contributed by atoms with E-state index in [9.17, 15) is 0 Å². The van der Waals surface area contributed by atoms with Crippen molar-refractivity contribution in [2.75, 3.05) is 6.54 Å². The first-order valence-corrected chi connectivity index (χ1v) is 7.59. The van der Waals surface area contributed by atoms with Crippen molar-refractivity contribution in [2.45, 2.75) is 77.4 Å². The van der Waals surface area contributed by atoms with Gasteiger partial charge in [-0.05, 0) is 57.4 Å². The molecule has 1 heterocycles. The smallest absolute Gasteiger partial charge is 0.0247 e. The number of likely N-dealkylation sites (tertiary alicyclic amines) is 1. The molecule has 0 bridgehead atoms. The number of hydrogen-bond donors (Lipinski definition) is 1. The highest BCUT2D eigenvalue weighted by Gasteiger charge is 2.34. The Morgan fingerprint density at radius 3 is 2.29 bits per heavy atom. The van der Waals surface area contributed by atoms with Crippen LogP contribution in [0, 0.1) is 11.8 Å². The molecule has 2 fully saturated rings. The SMILES string of the molecule is CC1CC(C)CC(N2CCCCC2C(C)N)C1. The summed E-state index contributed by atoms with van der Waals surface area (Å²) in [6.07, 6.45) is 8.29. The summed E-state index contributed by atoms with van der Waals surface area (Å²) in [7, 11) is 0. The molecule has 2 rings (SSSR count). The van der Waals surface area contributed by atoms with Crippen LogP contribution < -0.4 is 5.73 Å². The Kier molecular flexibility index (Phi) is 4.48. The lowest BCUT2D eigenvalue weighted by atomic mass is 9.78. The molecule has 0 radical (unpaired) electrons. The van der Waals surface area contributed by atoms with Crippen molar-refractivity contribution in [3.63, 3.8) is 0 Å². The van der Waals surface area contributed by atoms with Gasteiger partial charge >= 0.3 is 0 Å². The third-order valence-electron chi connectivity index (χ3n) is 4.82. The van der Waals surface area contributed by atoms with Gasteiger partial charge in [-0.25, -0.2) is 0 Å². The summed E-state index contributed by atoms with van der Waals surface area (Å²) in [4.78, 5) is 2.76. The number of hydrogen-bond acceptors (Lipinski definition) is 2. The van der Waals surface area contributed by atoms with Crippen LogP contribution >= 0.6 is 0 Å². The van der Waals surface area contributed by atoms with Crippen molar-refractivity contribution >= 4 is 0 Å². The lowest BCUT2D eigenvalue weighted by Gasteiger charge is -2.46. The van der Waals surface area contributed by atoms with Crippen molar-refractivity contribution in [1.82, 2.24) is 4.90 Å². The Balaban J connectivity index is 2.02. The van der Waals surface area contributed by atoms with Gasteiger partial charge in [0.2, 0.25) is 0 Å². The largest absolute Gasteiger partial charge is 0.327 e. The molecule has 100 valence electrons. The summed E-state index contributed by atoms with van der Waals surface area (Å²) in [5.74, 6) is 1.80. The molecule has 2 nitrogen and oxygen atoms in total. The van der Waals surface area contributed by atoms with E-state index in [0.29, 0.717) is 12.1 Å². The molecular weight excluding hydrogens is 208 g/mol. The minimum absolute atomic E-state index is 0.336. The second-order valence-electron chi connectivity index (χ2n) is 6.73. The monoisotopic (exact) mass is 238 g/mol. The molecule has 4 unspecified atom stereocenters. The average molecular weight is 238 g/mol. The van der Waals surface area contributed by atoms with Gasteiger partial charge in [0, 0.05) is 18.1 Å². The van der Waals surface area contributed by atoms with E-state index in [2.05, 4.69) is 25.7 Å². The minimum atomic E-state index is 0.336. The van der Waals surface area contributed by atoms with Gasteiger partial charge in [-0.1, -0.05) is 20.3 Å². The van der Waals surface area contributed by atoms with Gasteiger partial charge in [0.15, 0.2) is 0 Å². The van der Waals surface area contributed by atoms with Crippen LogP contribution in [-0.4, -0.2) is 29.6 Å². The van der Waals surface area contributed by atoms with Crippen LogP contribution in [0.1, 0.15) is 59.3 Å². The highest BCUT2D eigenvalue weighted by Crippen LogP contribution is 2.34. The van der Waals surface area contributed by atoms with Gasteiger partial charge in [-0.3, -0.25) is 4.90 Å². The van der Waals surface area contributed by atoms with Crippen molar-refractivity contribution in [3.8, 4) is 0 Å². The Hall–Kier alpha value is -0.0800. The van der Waals surface area contributed by atoms with Crippen LogP contribution in [0.15, 0.2) is 0 Å². The van der Waals surface area contributed by atoms with Crippen LogP contribution in [0.25, 0.3) is 0 Å². The predicted molar refractivity (Wildman–Crippen MR) is 74.0 cm³/mol. The Bertz CT molecular complexity index is 229. The first kappa shape index (κ1) is 13.4. The van der Waals surface area contributed by atoms with Crippen LogP contribution in [0.2, 0.25) is 0 Å². The zero-order valence-electron chi connectivity index (χ0n) is 11.9. The molecule has 0 aromatic heterocycles. The van der Waals surface area contributed by atoms with Crippen LogP contribution in [0.4, 0.5) is 0 Å². The fourth-order valence-electron chi connectivity index (χ4n) is 4.17. The maximum Gasteiger partial charge on any atom is 0.0247 e. The second kappa shape index (κ2) is 5.71. The van der Waals surface area contributed by atoms with E-state index in [1.165, 1.54) is 45.1 Å². The van der Waals surface area contributed by atoms with Gasteiger partial charge in [0.25, 0.3) is 0 Å². The molecule has 0 aromatic rings. The molecule has 1 aliphatic carbocycles. The van der Waals surface area contributed by atoms with E-state index in [1.807, 2.05) is 0 Å². The summed E-state index contributed by atoms with van der Waals surface area (Å²) >= 11 is 0. The Labute approximate surface area is 107 Å². The fourth-order valence-corrected chi connectivity index (χ4v) is 4.17. The average Bonchev–Trinajstić information content (AvgIpc) is 2.27. The van der Waals surface area contributed by atoms with E-state index in [4.69, 9.17) is 5.73 Å². The summed E-state index contributed by atoms with van der Waals surface area (Å²) in [6, 6.07) is 1.79.